The SMILES string of the molecule is Cl.N[C@@H](CS(=O)(=O)c1ccc(Oc2ccccc2)cc1)C(=O)NO. The smallest absolute Gasteiger partial charge is 0.261 e. The molecule has 0 radical (unpaired) electrons. The third kappa shape index (κ3) is 5.20. The van der Waals surface area contributed by atoms with Crippen LogP contribution in [0.2, 0.25) is 0 Å². The molecule has 1 amide bonds. The molecule has 0 heterocycles. The predicted molar refractivity (Wildman–Crippen MR) is 90.2 cm³/mol. The van der Waals surface area contributed by atoms with Gasteiger partial charge in [-0.1, -0.05) is 18.2 Å². The number of ether oxygens (including phenoxy) is 1. The molecule has 0 bridgehead atoms. The van der Waals surface area contributed by atoms with Crippen molar-refractivity contribution in [3.05, 3.63) is 54.6 Å². The maximum atomic E-state index is 12.2. The number of hydroxylamine groups is 1. The van der Waals surface area contributed by atoms with Crippen molar-refractivity contribution in [1.82, 2.24) is 5.48 Å². The molecule has 0 saturated heterocycles. The van der Waals surface area contributed by atoms with Gasteiger partial charge in [-0.25, -0.2) is 13.9 Å². The van der Waals surface area contributed by atoms with Crippen LogP contribution in [0.4, 0.5) is 0 Å². The minimum atomic E-state index is -3.76. The molecule has 2 aromatic rings. The minimum Gasteiger partial charge on any atom is -0.457 e. The molecule has 2 aromatic carbocycles. The van der Waals surface area contributed by atoms with Crippen LogP contribution in [-0.2, 0) is 14.6 Å². The van der Waals surface area contributed by atoms with Crippen LogP contribution in [0, 0.1) is 0 Å². The van der Waals surface area contributed by atoms with E-state index in [2.05, 4.69) is 0 Å². The second-order valence-corrected chi connectivity index (χ2v) is 6.78. The third-order valence-corrected chi connectivity index (χ3v) is 4.80. The van der Waals surface area contributed by atoms with E-state index in [0.29, 0.717) is 11.5 Å². The monoisotopic (exact) mass is 372 g/mol. The molecule has 7 nitrogen and oxygen atoms in total. The van der Waals surface area contributed by atoms with Crippen LogP contribution in [0.15, 0.2) is 59.5 Å². The number of hydrogen-bond acceptors (Lipinski definition) is 6. The number of carbonyl (C=O) groups is 1. The molecule has 0 unspecified atom stereocenters. The molecule has 0 spiro atoms. The van der Waals surface area contributed by atoms with Gasteiger partial charge in [-0.2, -0.15) is 0 Å². The van der Waals surface area contributed by atoms with Gasteiger partial charge < -0.3 is 10.5 Å². The standard InChI is InChI=1S/C15H16N2O5S.ClH/c16-14(15(18)17-19)10-23(20,21)13-8-6-12(7-9-13)22-11-4-2-1-3-5-11;/h1-9,14,19H,10,16H2,(H,17,18);1H/t14-;/m0./s1. The highest BCUT2D eigenvalue weighted by Crippen LogP contribution is 2.23. The van der Waals surface area contributed by atoms with Gasteiger partial charge in [0.25, 0.3) is 5.91 Å². The van der Waals surface area contributed by atoms with Crippen molar-refractivity contribution in [1.29, 1.82) is 0 Å². The first-order chi connectivity index (χ1) is 10.9. The zero-order valence-corrected chi connectivity index (χ0v) is 14.1. The van der Waals surface area contributed by atoms with E-state index in [4.69, 9.17) is 15.7 Å². The lowest BCUT2D eigenvalue weighted by Gasteiger charge is -2.11. The lowest BCUT2D eigenvalue weighted by molar-refractivity contribution is -0.130. The summed E-state index contributed by atoms with van der Waals surface area (Å²) in [6.07, 6.45) is 0. The van der Waals surface area contributed by atoms with E-state index in [1.165, 1.54) is 29.7 Å². The van der Waals surface area contributed by atoms with Crippen molar-refractivity contribution in [2.75, 3.05) is 5.75 Å². The van der Waals surface area contributed by atoms with Crippen molar-refractivity contribution >= 4 is 28.2 Å². The van der Waals surface area contributed by atoms with Crippen LogP contribution in [0.3, 0.4) is 0 Å². The molecule has 1 atom stereocenters. The van der Waals surface area contributed by atoms with Gasteiger partial charge in [-0.15, -0.1) is 12.4 Å². The predicted octanol–water partition coefficient (Wildman–Crippen LogP) is 1.51. The number of carbonyl (C=O) groups excluding carboxylic acids is 1. The number of amides is 1. The molecule has 0 saturated carbocycles. The molecule has 0 aliphatic rings. The topological polar surface area (TPSA) is 119 Å². The van der Waals surface area contributed by atoms with Crippen LogP contribution in [0.25, 0.3) is 0 Å². The number of hydrogen-bond donors (Lipinski definition) is 3. The highest BCUT2D eigenvalue weighted by atomic mass is 35.5. The summed E-state index contributed by atoms with van der Waals surface area (Å²) in [4.78, 5) is 11.1. The number of benzene rings is 2. The lowest BCUT2D eigenvalue weighted by Crippen LogP contribution is -2.43. The Bertz CT molecular complexity index is 766. The van der Waals surface area contributed by atoms with E-state index >= 15 is 0 Å². The van der Waals surface area contributed by atoms with E-state index in [-0.39, 0.29) is 17.3 Å². The largest absolute Gasteiger partial charge is 0.457 e. The Morgan fingerprint density at radius 2 is 1.62 bits per heavy atom. The highest BCUT2D eigenvalue weighted by molar-refractivity contribution is 7.91. The normalized spacial score (nSPS) is 11.9. The average Bonchev–Trinajstić information content (AvgIpc) is 2.55. The Kier molecular flexibility index (Phi) is 7.18. The summed E-state index contributed by atoms with van der Waals surface area (Å²) in [6, 6.07) is 13.5. The molecule has 9 heteroatoms. The first-order valence-corrected chi connectivity index (χ1v) is 8.33. The fraction of sp³-hybridized carbons (Fsp3) is 0.133. The van der Waals surface area contributed by atoms with Crippen LogP contribution < -0.4 is 16.0 Å². The summed E-state index contributed by atoms with van der Waals surface area (Å²) in [5.41, 5.74) is 6.73. The molecule has 130 valence electrons. The van der Waals surface area contributed by atoms with Crippen molar-refractivity contribution in [3.8, 4) is 11.5 Å². The maximum Gasteiger partial charge on any atom is 0.261 e. The molecule has 0 aliphatic carbocycles. The van der Waals surface area contributed by atoms with E-state index in [1.807, 2.05) is 18.2 Å². The van der Waals surface area contributed by atoms with Crippen molar-refractivity contribution in [3.63, 3.8) is 0 Å². The number of halogens is 1. The number of rotatable bonds is 6. The minimum absolute atomic E-state index is 0. The third-order valence-electron chi connectivity index (χ3n) is 3.01. The Balaban J connectivity index is 0.00000288. The maximum absolute atomic E-state index is 12.2. The van der Waals surface area contributed by atoms with Gasteiger partial charge in [0, 0.05) is 0 Å². The zero-order valence-electron chi connectivity index (χ0n) is 12.5. The second-order valence-electron chi connectivity index (χ2n) is 4.75. The van der Waals surface area contributed by atoms with E-state index in [9.17, 15) is 13.2 Å². The first kappa shape index (κ1) is 19.9. The summed E-state index contributed by atoms with van der Waals surface area (Å²) in [5, 5.41) is 8.46. The number of nitrogens with one attached hydrogen (secondary N) is 1. The van der Waals surface area contributed by atoms with Crippen LogP contribution in [-0.4, -0.2) is 31.3 Å². The van der Waals surface area contributed by atoms with Gasteiger partial charge in [0.15, 0.2) is 9.84 Å². The zero-order chi connectivity index (χ0) is 16.9. The average molecular weight is 373 g/mol. The van der Waals surface area contributed by atoms with Crippen LogP contribution in [0.1, 0.15) is 0 Å². The summed E-state index contributed by atoms with van der Waals surface area (Å²) < 4.78 is 29.9. The number of sulfone groups is 1. The summed E-state index contributed by atoms with van der Waals surface area (Å²) in [7, 11) is -3.76. The van der Waals surface area contributed by atoms with Crippen LogP contribution in [0.5, 0.6) is 11.5 Å². The quantitative estimate of drug-likeness (QED) is 0.522. The second kappa shape index (κ2) is 8.65. The molecule has 0 fully saturated rings. The van der Waals surface area contributed by atoms with Gasteiger partial charge in [0.05, 0.1) is 10.6 Å². The number of nitrogens with two attached hydrogens (primary N) is 1. The Morgan fingerprint density at radius 3 is 2.17 bits per heavy atom. The van der Waals surface area contributed by atoms with Gasteiger partial charge in [-0.05, 0) is 36.4 Å². The van der Waals surface area contributed by atoms with Gasteiger partial charge >= 0.3 is 0 Å². The van der Waals surface area contributed by atoms with Crippen LogP contribution >= 0.6 is 12.4 Å². The van der Waals surface area contributed by atoms with Gasteiger partial charge in [-0.3, -0.25) is 10.0 Å². The molecule has 24 heavy (non-hydrogen) atoms. The van der Waals surface area contributed by atoms with Crippen molar-refractivity contribution < 1.29 is 23.2 Å². The molecular formula is C15H17ClN2O5S. The Hall–Kier alpha value is -2.13. The lowest BCUT2D eigenvalue weighted by atomic mass is 10.3. The van der Waals surface area contributed by atoms with E-state index < -0.39 is 27.5 Å². The molecule has 0 aromatic heterocycles. The molecule has 0 aliphatic heterocycles. The molecule has 4 N–H and O–H groups in total. The highest BCUT2D eigenvalue weighted by Gasteiger charge is 2.23. The number of para-hydroxylation sites is 1. The van der Waals surface area contributed by atoms with E-state index in [1.54, 1.807) is 12.1 Å². The Labute approximate surface area is 145 Å². The summed E-state index contributed by atoms with van der Waals surface area (Å²) in [5.74, 6) is -0.465. The van der Waals surface area contributed by atoms with E-state index in [0.717, 1.165) is 0 Å². The fourth-order valence-corrected chi connectivity index (χ4v) is 3.20. The fourth-order valence-electron chi connectivity index (χ4n) is 1.83. The summed E-state index contributed by atoms with van der Waals surface area (Å²) >= 11 is 0. The summed E-state index contributed by atoms with van der Waals surface area (Å²) in [6.45, 7) is 0. The van der Waals surface area contributed by atoms with Gasteiger partial charge in [0.1, 0.15) is 17.5 Å². The van der Waals surface area contributed by atoms with Crippen molar-refractivity contribution in [2.45, 2.75) is 10.9 Å². The molecular weight excluding hydrogens is 356 g/mol. The molecule has 2 rings (SSSR count). The van der Waals surface area contributed by atoms with Crippen molar-refractivity contribution in [2.24, 2.45) is 5.73 Å². The Morgan fingerprint density at radius 1 is 1.08 bits per heavy atom. The van der Waals surface area contributed by atoms with Gasteiger partial charge in [0.2, 0.25) is 0 Å². The first-order valence-electron chi connectivity index (χ1n) is 6.67.